The third-order valence-corrected chi connectivity index (χ3v) is 6.98. The second kappa shape index (κ2) is 8.37. The highest BCUT2D eigenvalue weighted by atomic mass is 35.5. The van der Waals surface area contributed by atoms with Crippen molar-refractivity contribution in [1.82, 2.24) is 9.66 Å². The molecule has 162 valence electrons. The first-order valence-corrected chi connectivity index (χ1v) is 11.3. The number of halogens is 1. The van der Waals surface area contributed by atoms with Crippen LogP contribution in [0.5, 0.6) is 0 Å². The molecular weight excluding hydrogens is 450 g/mol. The molecule has 9 heteroatoms. The molecule has 0 radical (unpaired) electrons. The molecule has 1 aliphatic carbocycles. The topological polar surface area (TPSA) is 86.7 Å². The molecule has 0 amide bonds. The molecule has 3 heterocycles. The number of aryl methyl sites for hydroxylation is 2. The zero-order chi connectivity index (χ0) is 22.2. The van der Waals surface area contributed by atoms with Crippen molar-refractivity contribution >= 4 is 45.3 Å². The van der Waals surface area contributed by atoms with Crippen molar-refractivity contribution in [2.75, 3.05) is 7.11 Å². The van der Waals surface area contributed by atoms with Crippen LogP contribution in [0.4, 0.5) is 0 Å². The van der Waals surface area contributed by atoms with E-state index in [-0.39, 0.29) is 5.56 Å². The van der Waals surface area contributed by atoms with Gasteiger partial charge in [-0.2, -0.15) is 9.78 Å². The molecule has 5 rings (SSSR count). The van der Waals surface area contributed by atoms with E-state index in [2.05, 4.69) is 10.1 Å². The van der Waals surface area contributed by atoms with Crippen LogP contribution in [-0.4, -0.2) is 29.0 Å². The number of hydrogen-bond donors (Lipinski definition) is 0. The van der Waals surface area contributed by atoms with Crippen molar-refractivity contribution in [3.8, 4) is 11.3 Å². The third-order valence-electron chi connectivity index (χ3n) is 5.45. The van der Waals surface area contributed by atoms with E-state index in [4.69, 9.17) is 20.8 Å². The number of rotatable bonds is 4. The van der Waals surface area contributed by atoms with Gasteiger partial charge in [-0.1, -0.05) is 11.6 Å². The summed E-state index contributed by atoms with van der Waals surface area (Å²) in [5.41, 5.74) is 1.87. The zero-order valence-electron chi connectivity index (χ0n) is 17.1. The van der Waals surface area contributed by atoms with Gasteiger partial charge in [0.15, 0.2) is 0 Å². The van der Waals surface area contributed by atoms with Crippen LogP contribution in [0.3, 0.4) is 0 Å². The van der Waals surface area contributed by atoms with Crippen molar-refractivity contribution in [2.45, 2.75) is 25.7 Å². The van der Waals surface area contributed by atoms with Crippen molar-refractivity contribution in [1.29, 1.82) is 0 Å². The lowest BCUT2D eigenvalue weighted by Gasteiger charge is -2.09. The Hall–Kier alpha value is -3.23. The molecule has 0 saturated carbocycles. The molecule has 0 saturated heterocycles. The second-order valence-corrected chi connectivity index (χ2v) is 8.91. The SMILES string of the molecule is COC(=O)c1ccc(Cl)c(-c2ccc(/C=N/n3cnc4sc5c(c4c3=O)CCCC5)o2)c1. The Morgan fingerprint density at radius 2 is 2.12 bits per heavy atom. The Morgan fingerprint density at radius 1 is 1.28 bits per heavy atom. The summed E-state index contributed by atoms with van der Waals surface area (Å²) in [7, 11) is 1.32. The lowest BCUT2D eigenvalue weighted by atomic mass is 9.97. The largest absolute Gasteiger partial charge is 0.465 e. The van der Waals surface area contributed by atoms with Crippen molar-refractivity contribution in [3.63, 3.8) is 0 Å². The number of fused-ring (bicyclic) bond motifs is 3. The molecule has 0 spiro atoms. The maximum Gasteiger partial charge on any atom is 0.337 e. The molecule has 0 unspecified atom stereocenters. The number of nitrogens with zero attached hydrogens (tertiary/aromatic N) is 3. The number of aromatic nitrogens is 2. The first kappa shape index (κ1) is 20.7. The standard InChI is InChI=1S/C23H18ClN3O4S/c1-30-23(29)13-6-8-17(24)16(10-13)18-9-7-14(31-18)11-26-27-12-25-21-20(22(27)28)15-4-2-3-5-19(15)32-21/h6-12H,2-5H2,1H3/b26-11+. The molecular formula is C23H18ClN3O4S. The van der Waals surface area contributed by atoms with E-state index in [1.165, 1.54) is 29.2 Å². The average molecular weight is 468 g/mol. The number of methoxy groups -OCH3 is 1. The van der Waals surface area contributed by atoms with Gasteiger partial charge in [-0.3, -0.25) is 4.79 Å². The minimum absolute atomic E-state index is 0.175. The fourth-order valence-electron chi connectivity index (χ4n) is 3.86. The van der Waals surface area contributed by atoms with E-state index in [0.29, 0.717) is 33.1 Å². The first-order chi connectivity index (χ1) is 15.5. The number of ether oxygens (including phenoxy) is 1. The van der Waals surface area contributed by atoms with Crippen molar-refractivity contribution < 1.29 is 13.9 Å². The number of esters is 1. The molecule has 32 heavy (non-hydrogen) atoms. The molecule has 0 fully saturated rings. The fraction of sp³-hybridized carbons (Fsp3) is 0.217. The number of hydrogen-bond acceptors (Lipinski definition) is 7. The zero-order valence-corrected chi connectivity index (χ0v) is 18.7. The molecule has 0 aliphatic heterocycles. The van der Waals surface area contributed by atoms with Crippen LogP contribution in [0.15, 0.2) is 51.0 Å². The predicted molar refractivity (Wildman–Crippen MR) is 124 cm³/mol. The summed E-state index contributed by atoms with van der Waals surface area (Å²) in [4.78, 5) is 31.3. The van der Waals surface area contributed by atoms with Gasteiger partial charge >= 0.3 is 5.97 Å². The van der Waals surface area contributed by atoms with E-state index in [9.17, 15) is 9.59 Å². The molecule has 3 aromatic heterocycles. The minimum Gasteiger partial charge on any atom is -0.465 e. The quantitative estimate of drug-likeness (QED) is 0.314. The first-order valence-electron chi connectivity index (χ1n) is 10.1. The lowest BCUT2D eigenvalue weighted by molar-refractivity contribution is 0.0601. The molecule has 7 nitrogen and oxygen atoms in total. The second-order valence-electron chi connectivity index (χ2n) is 7.42. The fourth-order valence-corrected chi connectivity index (χ4v) is 5.29. The van der Waals surface area contributed by atoms with Gasteiger partial charge in [0.1, 0.15) is 22.7 Å². The molecule has 0 N–H and O–H groups in total. The van der Waals surface area contributed by atoms with Crippen LogP contribution < -0.4 is 5.56 Å². The molecule has 0 bridgehead atoms. The van der Waals surface area contributed by atoms with Crippen LogP contribution in [-0.2, 0) is 17.6 Å². The van der Waals surface area contributed by atoms with Gasteiger partial charge in [-0.25, -0.2) is 9.78 Å². The van der Waals surface area contributed by atoms with Crippen molar-refractivity contribution in [2.24, 2.45) is 5.10 Å². The summed E-state index contributed by atoms with van der Waals surface area (Å²) >= 11 is 7.89. The smallest absolute Gasteiger partial charge is 0.337 e. The summed E-state index contributed by atoms with van der Waals surface area (Å²) in [6.45, 7) is 0. The predicted octanol–water partition coefficient (Wildman–Crippen LogP) is 4.92. The summed E-state index contributed by atoms with van der Waals surface area (Å²) in [6, 6.07) is 8.24. The molecule has 1 aromatic carbocycles. The van der Waals surface area contributed by atoms with E-state index >= 15 is 0 Å². The minimum atomic E-state index is -0.464. The highest BCUT2D eigenvalue weighted by Crippen LogP contribution is 2.33. The van der Waals surface area contributed by atoms with Gasteiger partial charge < -0.3 is 9.15 Å². The van der Waals surface area contributed by atoms with Crippen LogP contribution in [0.25, 0.3) is 21.5 Å². The van der Waals surface area contributed by atoms with Gasteiger partial charge in [0.25, 0.3) is 5.56 Å². The van der Waals surface area contributed by atoms with Crippen LogP contribution >= 0.6 is 22.9 Å². The van der Waals surface area contributed by atoms with Crippen LogP contribution in [0, 0.1) is 0 Å². The Labute approximate surface area is 191 Å². The summed E-state index contributed by atoms with van der Waals surface area (Å²) in [6.07, 6.45) is 7.05. The average Bonchev–Trinajstić information content (AvgIpc) is 3.43. The van der Waals surface area contributed by atoms with Gasteiger partial charge in [0, 0.05) is 10.4 Å². The van der Waals surface area contributed by atoms with Gasteiger partial charge in [0.2, 0.25) is 0 Å². The van der Waals surface area contributed by atoms with Crippen LogP contribution in [0.1, 0.15) is 39.4 Å². The molecule has 0 atom stereocenters. The summed E-state index contributed by atoms with van der Waals surface area (Å²) in [5, 5.41) is 5.37. The highest BCUT2D eigenvalue weighted by Gasteiger charge is 2.20. The number of thiophene rings is 1. The highest BCUT2D eigenvalue weighted by molar-refractivity contribution is 7.18. The van der Waals surface area contributed by atoms with Crippen molar-refractivity contribution in [3.05, 3.63) is 73.8 Å². The number of benzene rings is 1. The summed E-state index contributed by atoms with van der Waals surface area (Å²) < 4.78 is 11.8. The van der Waals surface area contributed by atoms with E-state index in [0.717, 1.165) is 36.1 Å². The number of carbonyl (C=O) groups is 1. The Bertz CT molecular complexity index is 1430. The number of furan rings is 1. The van der Waals surface area contributed by atoms with Gasteiger partial charge in [0.05, 0.1) is 29.3 Å². The van der Waals surface area contributed by atoms with Crippen LogP contribution in [0.2, 0.25) is 5.02 Å². The number of carbonyl (C=O) groups excluding carboxylic acids is 1. The third kappa shape index (κ3) is 3.65. The van der Waals surface area contributed by atoms with E-state index < -0.39 is 5.97 Å². The van der Waals surface area contributed by atoms with E-state index in [1.807, 2.05) is 0 Å². The lowest BCUT2D eigenvalue weighted by Crippen LogP contribution is -2.17. The Kier molecular flexibility index (Phi) is 5.40. The molecule has 1 aliphatic rings. The summed E-state index contributed by atoms with van der Waals surface area (Å²) in [5.74, 6) is 0.433. The maximum absolute atomic E-state index is 13.0. The Balaban J connectivity index is 1.46. The normalized spacial score (nSPS) is 13.6. The maximum atomic E-state index is 13.0. The van der Waals surface area contributed by atoms with E-state index in [1.54, 1.807) is 41.7 Å². The molecule has 4 aromatic rings. The monoisotopic (exact) mass is 467 g/mol. The Morgan fingerprint density at radius 3 is 2.97 bits per heavy atom. The van der Waals surface area contributed by atoms with Gasteiger partial charge in [-0.05, 0) is 61.6 Å². The van der Waals surface area contributed by atoms with Gasteiger partial charge in [-0.15, -0.1) is 11.3 Å².